The number of carbonyl (C=O) groups is 1. The van der Waals surface area contributed by atoms with Crippen LogP contribution in [-0.4, -0.2) is 33.0 Å². The molecule has 0 saturated carbocycles. The van der Waals surface area contributed by atoms with Crippen molar-refractivity contribution in [3.63, 3.8) is 0 Å². The van der Waals surface area contributed by atoms with Gasteiger partial charge in [0.2, 0.25) is 0 Å². The lowest BCUT2D eigenvalue weighted by Crippen LogP contribution is -2.37. The van der Waals surface area contributed by atoms with Crippen molar-refractivity contribution in [2.75, 3.05) is 6.54 Å². The van der Waals surface area contributed by atoms with Crippen molar-refractivity contribution < 1.29 is 9.53 Å². The summed E-state index contributed by atoms with van der Waals surface area (Å²) < 4.78 is 8.35. The lowest BCUT2D eigenvalue weighted by Gasteiger charge is -2.24. The second-order valence-corrected chi connectivity index (χ2v) is 7.47. The third-order valence-electron chi connectivity index (χ3n) is 4.68. The minimum atomic E-state index is -0.0546. The van der Waals surface area contributed by atoms with Crippen LogP contribution in [0.3, 0.4) is 0 Å². The first-order chi connectivity index (χ1) is 12.7. The number of nitrogens with zero attached hydrogens (tertiary/aromatic N) is 3. The van der Waals surface area contributed by atoms with E-state index in [0.29, 0.717) is 19.7 Å². The summed E-state index contributed by atoms with van der Waals surface area (Å²) in [7, 11) is 0. The van der Waals surface area contributed by atoms with Crippen LogP contribution in [0.2, 0.25) is 0 Å². The van der Waals surface area contributed by atoms with E-state index >= 15 is 0 Å². The van der Waals surface area contributed by atoms with E-state index in [1.165, 1.54) is 11.3 Å². The van der Waals surface area contributed by atoms with E-state index in [0.717, 1.165) is 28.2 Å². The third kappa shape index (κ3) is 3.57. The molecule has 0 radical (unpaired) electrons. The highest BCUT2D eigenvalue weighted by Gasteiger charge is 2.27. The van der Waals surface area contributed by atoms with E-state index in [1.54, 1.807) is 12.4 Å². The van der Waals surface area contributed by atoms with Gasteiger partial charge in [0, 0.05) is 30.8 Å². The van der Waals surface area contributed by atoms with Gasteiger partial charge in [0.1, 0.15) is 0 Å². The molecule has 0 aliphatic carbocycles. The maximum Gasteiger partial charge on any atom is 0.264 e. The van der Waals surface area contributed by atoms with E-state index in [-0.39, 0.29) is 12.0 Å². The first-order valence-electron chi connectivity index (χ1n) is 8.68. The highest BCUT2D eigenvalue weighted by Crippen LogP contribution is 2.22. The molecular weight excluding hydrogens is 346 g/mol. The number of thiophene rings is 1. The van der Waals surface area contributed by atoms with Crippen molar-refractivity contribution in [3.05, 3.63) is 76.0 Å². The summed E-state index contributed by atoms with van der Waals surface area (Å²) >= 11 is 1.51. The minimum Gasteiger partial charge on any atom is -0.370 e. The largest absolute Gasteiger partial charge is 0.370 e. The van der Waals surface area contributed by atoms with Crippen molar-refractivity contribution >= 4 is 17.2 Å². The fraction of sp³-hybridized carbons (Fsp3) is 0.300. The van der Waals surface area contributed by atoms with Crippen molar-refractivity contribution in [2.45, 2.75) is 32.7 Å². The van der Waals surface area contributed by atoms with Crippen LogP contribution in [0.1, 0.15) is 26.5 Å². The molecule has 0 fully saturated rings. The minimum absolute atomic E-state index is 0.0546. The fourth-order valence-electron chi connectivity index (χ4n) is 3.24. The van der Waals surface area contributed by atoms with E-state index in [9.17, 15) is 4.79 Å². The number of pyridine rings is 1. The molecule has 0 unspecified atom stereocenters. The average molecular weight is 367 g/mol. The Balaban J connectivity index is 1.53. The van der Waals surface area contributed by atoms with Gasteiger partial charge in [-0.05, 0) is 53.8 Å². The standard InChI is InChI=1S/C20H21N3O2S/c1-15-6-10-26-19(15)20(24)23-11-17-3-2-9-22(17)12-18(13-23)25-14-16-4-7-21-8-5-16/h2-10,18H,11-14H2,1H3/t18-/m0/s1. The molecule has 0 spiro atoms. The SMILES string of the molecule is Cc1ccsc1C(=O)N1Cc2cccn2C[C@H](OCc2ccncc2)C1. The molecule has 1 atom stereocenters. The maximum atomic E-state index is 13.0. The van der Waals surface area contributed by atoms with Crippen molar-refractivity contribution in [2.24, 2.45) is 0 Å². The van der Waals surface area contributed by atoms with Gasteiger partial charge in [-0.2, -0.15) is 0 Å². The Kier molecular flexibility index (Phi) is 4.86. The zero-order chi connectivity index (χ0) is 17.9. The number of carbonyl (C=O) groups excluding carboxylic acids is 1. The summed E-state index contributed by atoms with van der Waals surface area (Å²) in [5, 5.41) is 1.97. The molecule has 4 heterocycles. The number of rotatable bonds is 4. The lowest BCUT2D eigenvalue weighted by atomic mass is 10.2. The molecule has 5 nitrogen and oxygen atoms in total. The van der Waals surface area contributed by atoms with Crippen LogP contribution in [0.5, 0.6) is 0 Å². The topological polar surface area (TPSA) is 47.4 Å². The molecule has 4 rings (SSSR count). The van der Waals surface area contributed by atoms with Crippen LogP contribution < -0.4 is 0 Å². The molecule has 1 aliphatic heterocycles. The van der Waals surface area contributed by atoms with Crippen LogP contribution in [-0.2, 0) is 24.4 Å². The molecule has 26 heavy (non-hydrogen) atoms. The van der Waals surface area contributed by atoms with Crippen LogP contribution in [0.25, 0.3) is 0 Å². The Hall–Kier alpha value is -2.44. The Morgan fingerprint density at radius 3 is 2.88 bits per heavy atom. The second-order valence-electron chi connectivity index (χ2n) is 6.56. The number of aryl methyl sites for hydroxylation is 1. The normalized spacial score (nSPS) is 17.0. The Morgan fingerprint density at radius 1 is 1.27 bits per heavy atom. The molecule has 3 aromatic rings. The molecular formula is C20H21N3O2S. The number of hydrogen-bond donors (Lipinski definition) is 0. The van der Waals surface area contributed by atoms with Gasteiger partial charge in [-0.25, -0.2) is 0 Å². The predicted octanol–water partition coefficient (Wildman–Crippen LogP) is 3.49. The van der Waals surface area contributed by atoms with Gasteiger partial charge in [0.25, 0.3) is 5.91 Å². The molecule has 0 saturated heterocycles. The van der Waals surface area contributed by atoms with Crippen molar-refractivity contribution in [1.29, 1.82) is 0 Å². The Morgan fingerprint density at radius 2 is 2.12 bits per heavy atom. The molecule has 3 aromatic heterocycles. The molecule has 1 amide bonds. The van der Waals surface area contributed by atoms with Gasteiger partial charge in [0.05, 0.1) is 30.7 Å². The van der Waals surface area contributed by atoms with Crippen LogP contribution >= 0.6 is 11.3 Å². The van der Waals surface area contributed by atoms with Gasteiger partial charge >= 0.3 is 0 Å². The molecule has 6 heteroatoms. The molecule has 134 valence electrons. The lowest BCUT2D eigenvalue weighted by molar-refractivity contribution is 0.0106. The highest BCUT2D eigenvalue weighted by atomic mass is 32.1. The predicted molar refractivity (Wildman–Crippen MR) is 101 cm³/mol. The maximum absolute atomic E-state index is 13.0. The molecule has 0 bridgehead atoms. The summed E-state index contributed by atoms with van der Waals surface area (Å²) in [6.07, 6.45) is 5.54. The van der Waals surface area contributed by atoms with E-state index < -0.39 is 0 Å². The molecule has 1 aliphatic rings. The van der Waals surface area contributed by atoms with Gasteiger partial charge in [-0.3, -0.25) is 9.78 Å². The molecule has 0 N–H and O–H groups in total. The quantitative estimate of drug-likeness (QED) is 0.709. The summed E-state index contributed by atoms with van der Waals surface area (Å²) in [6.45, 7) is 4.45. The fourth-order valence-corrected chi connectivity index (χ4v) is 4.13. The van der Waals surface area contributed by atoms with E-state index in [4.69, 9.17) is 4.74 Å². The van der Waals surface area contributed by atoms with Crippen molar-refractivity contribution in [3.8, 4) is 0 Å². The summed E-state index contributed by atoms with van der Waals surface area (Å²) in [5.41, 5.74) is 3.26. The average Bonchev–Trinajstić information content (AvgIpc) is 3.24. The number of amides is 1. The number of aromatic nitrogens is 2. The highest BCUT2D eigenvalue weighted by molar-refractivity contribution is 7.12. The number of ether oxygens (including phenoxy) is 1. The zero-order valence-corrected chi connectivity index (χ0v) is 15.5. The van der Waals surface area contributed by atoms with Crippen molar-refractivity contribution in [1.82, 2.24) is 14.5 Å². The smallest absolute Gasteiger partial charge is 0.264 e. The van der Waals surface area contributed by atoms with E-state index in [2.05, 4.69) is 21.8 Å². The Labute approximate surface area is 156 Å². The third-order valence-corrected chi connectivity index (χ3v) is 5.68. The van der Waals surface area contributed by atoms with Crippen LogP contribution in [0, 0.1) is 6.92 Å². The summed E-state index contributed by atoms with van der Waals surface area (Å²) in [4.78, 5) is 19.8. The van der Waals surface area contributed by atoms with Gasteiger partial charge in [-0.1, -0.05) is 0 Å². The summed E-state index contributed by atoms with van der Waals surface area (Å²) in [5.74, 6) is 0.0876. The monoisotopic (exact) mass is 367 g/mol. The van der Waals surface area contributed by atoms with Gasteiger partial charge in [-0.15, -0.1) is 11.3 Å². The second kappa shape index (κ2) is 7.43. The molecule has 0 aromatic carbocycles. The Bertz CT molecular complexity index is 887. The number of hydrogen-bond acceptors (Lipinski definition) is 4. The summed E-state index contributed by atoms with van der Waals surface area (Å²) in [6, 6.07) is 10.0. The first kappa shape index (κ1) is 17.0. The zero-order valence-electron chi connectivity index (χ0n) is 14.7. The van der Waals surface area contributed by atoms with Gasteiger partial charge < -0.3 is 14.2 Å². The van der Waals surface area contributed by atoms with E-state index in [1.807, 2.05) is 41.5 Å². The number of fused-ring (bicyclic) bond motifs is 1. The van der Waals surface area contributed by atoms with Gasteiger partial charge in [0.15, 0.2) is 0 Å². The van der Waals surface area contributed by atoms with Crippen LogP contribution in [0.4, 0.5) is 0 Å². The first-order valence-corrected chi connectivity index (χ1v) is 9.56. The van der Waals surface area contributed by atoms with Crippen LogP contribution in [0.15, 0.2) is 54.3 Å².